The zero-order valence-electron chi connectivity index (χ0n) is 4.83. The van der Waals surface area contributed by atoms with Gasteiger partial charge in [-0.1, -0.05) is 0 Å². The Kier molecular flexibility index (Phi) is 1.66. The number of hydrogen-bond acceptors (Lipinski definition) is 1. The minimum atomic E-state index is -4.03. The van der Waals surface area contributed by atoms with Gasteiger partial charge in [0.25, 0.3) is 0 Å². The van der Waals surface area contributed by atoms with Crippen molar-refractivity contribution in [1.82, 2.24) is 5.32 Å². The van der Waals surface area contributed by atoms with Crippen LogP contribution in [0.5, 0.6) is 0 Å². The predicted octanol–water partition coefficient (Wildman–Crippen LogP) is 1.30. The Morgan fingerprint density at radius 3 is 2.22 bits per heavy atom. The quantitative estimate of drug-likeness (QED) is 0.533. The van der Waals surface area contributed by atoms with Crippen molar-refractivity contribution < 1.29 is 13.2 Å². The van der Waals surface area contributed by atoms with Crippen LogP contribution in [0.4, 0.5) is 13.2 Å². The van der Waals surface area contributed by atoms with Crippen molar-refractivity contribution in [3.8, 4) is 0 Å². The molecule has 0 aromatic rings. The summed E-state index contributed by atoms with van der Waals surface area (Å²) in [4.78, 5) is 0. The second-order valence-corrected chi connectivity index (χ2v) is 2.19. The van der Waals surface area contributed by atoms with E-state index in [9.17, 15) is 13.2 Å². The van der Waals surface area contributed by atoms with Gasteiger partial charge in [-0.3, -0.25) is 0 Å². The Hall–Kier alpha value is -0.250. The minimum absolute atomic E-state index is 0.240. The summed E-state index contributed by atoms with van der Waals surface area (Å²) in [7, 11) is 0. The molecule has 1 atom stereocenters. The van der Waals surface area contributed by atoms with Crippen LogP contribution in [-0.2, 0) is 0 Å². The smallest absolute Gasteiger partial charge is 0.306 e. The van der Waals surface area contributed by atoms with Crippen LogP contribution in [0.2, 0.25) is 0 Å². The van der Waals surface area contributed by atoms with Crippen molar-refractivity contribution in [2.24, 2.45) is 0 Å². The molecule has 0 aromatic carbocycles. The SMILES string of the molecule is FC(F)(F)[C@H]1CCCN1. The number of alkyl halides is 3. The van der Waals surface area contributed by atoms with E-state index >= 15 is 0 Å². The van der Waals surface area contributed by atoms with Gasteiger partial charge >= 0.3 is 6.18 Å². The number of nitrogens with one attached hydrogen (secondary N) is 1. The Labute approximate surface area is 51.2 Å². The number of rotatable bonds is 0. The zero-order chi connectivity index (χ0) is 6.91. The van der Waals surface area contributed by atoms with E-state index < -0.39 is 12.2 Å². The van der Waals surface area contributed by atoms with E-state index in [2.05, 4.69) is 5.32 Å². The molecule has 0 unspecified atom stereocenters. The Balaban J connectivity index is 2.42. The van der Waals surface area contributed by atoms with Crippen LogP contribution in [0.15, 0.2) is 0 Å². The van der Waals surface area contributed by atoms with Crippen molar-refractivity contribution in [1.29, 1.82) is 0 Å². The molecule has 9 heavy (non-hydrogen) atoms. The Bertz CT molecular complexity index is 92.9. The minimum Gasteiger partial charge on any atom is -0.306 e. The molecule has 1 aliphatic rings. The van der Waals surface area contributed by atoms with Crippen LogP contribution in [-0.4, -0.2) is 18.8 Å². The number of halogens is 3. The highest BCUT2D eigenvalue weighted by Gasteiger charge is 2.40. The van der Waals surface area contributed by atoms with Crippen LogP contribution < -0.4 is 5.32 Å². The van der Waals surface area contributed by atoms with E-state index in [1.807, 2.05) is 0 Å². The fraction of sp³-hybridized carbons (Fsp3) is 1.00. The van der Waals surface area contributed by atoms with Crippen LogP contribution in [0.1, 0.15) is 12.8 Å². The van der Waals surface area contributed by atoms with Crippen LogP contribution >= 0.6 is 0 Å². The molecule has 0 spiro atoms. The molecule has 1 N–H and O–H groups in total. The second kappa shape index (κ2) is 2.17. The van der Waals surface area contributed by atoms with E-state index in [1.54, 1.807) is 0 Å². The molecule has 0 saturated carbocycles. The van der Waals surface area contributed by atoms with Crippen LogP contribution in [0.3, 0.4) is 0 Å². The van der Waals surface area contributed by atoms with Gasteiger partial charge in [0.2, 0.25) is 0 Å². The highest BCUT2D eigenvalue weighted by molar-refractivity contribution is 4.80. The summed E-state index contributed by atoms with van der Waals surface area (Å²) in [5.41, 5.74) is 0. The van der Waals surface area contributed by atoms with E-state index in [1.165, 1.54) is 0 Å². The van der Waals surface area contributed by atoms with E-state index in [0.29, 0.717) is 13.0 Å². The summed E-state index contributed by atoms with van der Waals surface area (Å²) >= 11 is 0. The summed E-state index contributed by atoms with van der Waals surface area (Å²) in [6, 6.07) is -1.24. The molecule has 0 bridgehead atoms. The van der Waals surface area contributed by atoms with E-state index in [4.69, 9.17) is 0 Å². The molecule has 1 rings (SSSR count). The molecule has 1 heterocycles. The van der Waals surface area contributed by atoms with Gasteiger partial charge in [-0.2, -0.15) is 13.2 Å². The topological polar surface area (TPSA) is 12.0 Å². The lowest BCUT2D eigenvalue weighted by molar-refractivity contribution is -0.151. The molecule has 54 valence electrons. The van der Waals surface area contributed by atoms with Gasteiger partial charge in [0.05, 0.1) is 0 Å². The van der Waals surface area contributed by atoms with Crippen molar-refractivity contribution in [2.45, 2.75) is 25.1 Å². The fourth-order valence-electron chi connectivity index (χ4n) is 0.964. The van der Waals surface area contributed by atoms with Gasteiger partial charge in [0.1, 0.15) is 6.04 Å². The van der Waals surface area contributed by atoms with E-state index in [-0.39, 0.29) is 6.42 Å². The third-order valence-electron chi connectivity index (χ3n) is 1.46. The molecule has 1 aliphatic heterocycles. The molecular weight excluding hydrogens is 131 g/mol. The van der Waals surface area contributed by atoms with Gasteiger partial charge in [-0.15, -0.1) is 0 Å². The molecule has 1 nitrogen and oxygen atoms in total. The zero-order valence-corrected chi connectivity index (χ0v) is 4.83. The third kappa shape index (κ3) is 1.58. The van der Waals surface area contributed by atoms with E-state index in [0.717, 1.165) is 0 Å². The molecule has 0 aliphatic carbocycles. The molecule has 0 radical (unpaired) electrons. The summed E-state index contributed by atoms with van der Waals surface area (Å²) < 4.78 is 35.1. The van der Waals surface area contributed by atoms with Gasteiger partial charge in [0, 0.05) is 0 Å². The number of hydrogen-bond donors (Lipinski definition) is 1. The van der Waals surface area contributed by atoms with Crippen molar-refractivity contribution in [2.75, 3.05) is 6.54 Å². The molecule has 0 amide bonds. The average molecular weight is 139 g/mol. The van der Waals surface area contributed by atoms with Crippen molar-refractivity contribution >= 4 is 0 Å². The summed E-state index contributed by atoms with van der Waals surface area (Å²) in [6.45, 7) is 0.504. The van der Waals surface area contributed by atoms with Gasteiger partial charge in [0.15, 0.2) is 0 Å². The van der Waals surface area contributed by atoms with Crippen LogP contribution in [0.25, 0.3) is 0 Å². The molecule has 4 heteroatoms. The first-order valence-electron chi connectivity index (χ1n) is 2.91. The maximum Gasteiger partial charge on any atom is 0.403 e. The van der Waals surface area contributed by atoms with Crippen molar-refractivity contribution in [3.05, 3.63) is 0 Å². The Morgan fingerprint density at radius 1 is 1.33 bits per heavy atom. The monoisotopic (exact) mass is 139 g/mol. The first kappa shape index (κ1) is 6.86. The standard InChI is InChI=1S/C5H8F3N/c6-5(7,8)4-2-1-3-9-4/h4,9H,1-3H2/t4-/m1/s1. The highest BCUT2D eigenvalue weighted by atomic mass is 19.4. The van der Waals surface area contributed by atoms with Gasteiger partial charge in [-0.25, -0.2) is 0 Å². The lowest BCUT2D eigenvalue weighted by atomic mass is 10.2. The summed E-state index contributed by atoms with van der Waals surface area (Å²) in [6.07, 6.45) is -3.15. The Morgan fingerprint density at radius 2 is 2.00 bits per heavy atom. The molecule has 1 fully saturated rings. The molecule has 1 saturated heterocycles. The lowest BCUT2D eigenvalue weighted by Crippen LogP contribution is -2.36. The average Bonchev–Trinajstić information content (AvgIpc) is 2.08. The maximum atomic E-state index is 11.7. The summed E-state index contributed by atoms with van der Waals surface area (Å²) in [5, 5.41) is 2.37. The van der Waals surface area contributed by atoms with Crippen molar-refractivity contribution in [3.63, 3.8) is 0 Å². The highest BCUT2D eigenvalue weighted by Crippen LogP contribution is 2.25. The second-order valence-electron chi connectivity index (χ2n) is 2.19. The fourth-order valence-corrected chi connectivity index (χ4v) is 0.964. The van der Waals surface area contributed by atoms with Crippen LogP contribution in [0, 0.1) is 0 Å². The maximum absolute atomic E-state index is 11.7. The first-order valence-corrected chi connectivity index (χ1v) is 2.91. The van der Waals surface area contributed by atoms with Gasteiger partial charge < -0.3 is 5.32 Å². The predicted molar refractivity (Wildman–Crippen MR) is 27.1 cm³/mol. The normalized spacial score (nSPS) is 29.0. The molecular formula is C5H8F3N. The lowest BCUT2D eigenvalue weighted by Gasteiger charge is -2.13. The first-order chi connectivity index (χ1) is 4.11. The van der Waals surface area contributed by atoms with Gasteiger partial charge in [-0.05, 0) is 19.4 Å². The largest absolute Gasteiger partial charge is 0.403 e. The molecule has 0 aromatic heterocycles. The third-order valence-corrected chi connectivity index (χ3v) is 1.46. The summed E-state index contributed by atoms with van der Waals surface area (Å²) in [5.74, 6) is 0.